The molecule has 0 saturated carbocycles. The van der Waals surface area contributed by atoms with Crippen molar-refractivity contribution in [1.29, 1.82) is 0 Å². The second kappa shape index (κ2) is 7.00. The van der Waals surface area contributed by atoms with Crippen LogP contribution in [0.4, 0.5) is 5.69 Å². The predicted molar refractivity (Wildman–Crippen MR) is 122 cm³/mol. The Bertz CT molecular complexity index is 1670. The van der Waals surface area contributed by atoms with Crippen LogP contribution in [0.1, 0.15) is 5.56 Å². The lowest BCUT2D eigenvalue weighted by molar-refractivity contribution is -0.991. The average Bonchev–Trinajstić information content (AvgIpc) is 3.16. The minimum Gasteiger partial charge on any atom is -0.595 e. The van der Waals surface area contributed by atoms with Crippen LogP contribution >= 0.6 is 0 Å². The minimum atomic E-state index is -0.956. The molecule has 1 unspecified atom stereocenters. The maximum Gasteiger partial charge on any atom is 0.263 e. The fourth-order valence-corrected chi connectivity index (χ4v) is 4.35. The van der Waals surface area contributed by atoms with Crippen LogP contribution in [0.25, 0.3) is 38.1 Å². The molecule has 6 aromatic rings. The van der Waals surface area contributed by atoms with Gasteiger partial charge in [0.2, 0.25) is 0 Å². The van der Waals surface area contributed by atoms with Crippen LogP contribution in [0.5, 0.6) is 5.75 Å². The van der Waals surface area contributed by atoms with Gasteiger partial charge in [0.15, 0.2) is 5.69 Å². The van der Waals surface area contributed by atoms with Gasteiger partial charge >= 0.3 is 0 Å². The van der Waals surface area contributed by atoms with Crippen molar-refractivity contribution in [2.45, 2.75) is 6.61 Å². The number of nitrogens with one attached hydrogen (secondary N) is 1. The molecule has 0 aliphatic carbocycles. The maximum atomic E-state index is 13.3. The number of rotatable bonds is 4. The molecule has 3 aromatic heterocycles. The van der Waals surface area contributed by atoms with Gasteiger partial charge in [-0.3, -0.25) is 14.2 Å². The normalized spacial score (nSPS) is 12.8. The lowest BCUT2D eigenvalue weighted by atomic mass is 10.1. The van der Waals surface area contributed by atoms with E-state index in [1.165, 1.54) is 0 Å². The third-order valence-corrected chi connectivity index (χ3v) is 5.87. The third kappa shape index (κ3) is 2.73. The van der Waals surface area contributed by atoms with Crippen LogP contribution in [-0.2, 0) is 6.61 Å². The van der Waals surface area contributed by atoms with Crippen LogP contribution in [0.15, 0.2) is 83.8 Å². The molecular formula is C25H17N3O4. The first-order valence-electron chi connectivity index (χ1n) is 10.1. The highest BCUT2D eigenvalue weighted by atomic mass is 16.8. The summed E-state index contributed by atoms with van der Waals surface area (Å²) < 4.78 is 7.71. The van der Waals surface area contributed by atoms with Crippen molar-refractivity contribution in [2.75, 3.05) is 0 Å². The van der Waals surface area contributed by atoms with Gasteiger partial charge < -0.3 is 9.94 Å². The second-order valence-corrected chi connectivity index (χ2v) is 7.71. The minimum absolute atomic E-state index is 0.0618. The van der Waals surface area contributed by atoms with E-state index in [-0.39, 0.29) is 11.2 Å². The van der Waals surface area contributed by atoms with Crippen LogP contribution < -0.4 is 15.5 Å². The first-order chi connectivity index (χ1) is 15.6. The number of pyridine rings is 2. The molecule has 6 rings (SSSR count). The van der Waals surface area contributed by atoms with Crippen molar-refractivity contribution >= 4 is 43.8 Å². The number of nitrogens with zero attached hydrogens (tertiary/aromatic N) is 2. The summed E-state index contributed by atoms with van der Waals surface area (Å²) in [6.45, 7) is 0.307. The summed E-state index contributed by atoms with van der Waals surface area (Å²) in [5, 5.41) is 22.4. The van der Waals surface area contributed by atoms with Gasteiger partial charge in [-0.1, -0.05) is 18.2 Å². The molecule has 1 atom stereocenters. The van der Waals surface area contributed by atoms with E-state index in [1.807, 2.05) is 48.5 Å². The van der Waals surface area contributed by atoms with Crippen molar-refractivity contribution in [3.8, 4) is 5.75 Å². The summed E-state index contributed by atoms with van der Waals surface area (Å²) >= 11 is 0. The van der Waals surface area contributed by atoms with Crippen LogP contribution in [-0.4, -0.2) is 14.6 Å². The Morgan fingerprint density at radius 3 is 2.50 bits per heavy atom. The molecule has 3 heterocycles. The van der Waals surface area contributed by atoms with Crippen molar-refractivity contribution in [3.63, 3.8) is 0 Å². The highest BCUT2D eigenvalue weighted by Crippen LogP contribution is 2.34. The van der Waals surface area contributed by atoms with Crippen LogP contribution in [0.3, 0.4) is 0 Å². The molecule has 3 aromatic carbocycles. The van der Waals surface area contributed by atoms with E-state index in [0.29, 0.717) is 17.7 Å². The molecule has 32 heavy (non-hydrogen) atoms. The van der Waals surface area contributed by atoms with Gasteiger partial charge in [0.25, 0.3) is 5.56 Å². The molecule has 2 N–H and O–H groups in total. The van der Waals surface area contributed by atoms with Crippen molar-refractivity contribution in [3.05, 3.63) is 100 Å². The predicted octanol–water partition coefficient (Wildman–Crippen LogP) is 3.57. The van der Waals surface area contributed by atoms with Gasteiger partial charge in [-0.05, 0) is 48.0 Å². The molecule has 7 nitrogen and oxygen atoms in total. The molecule has 7 heteroatoms. The summed E-state index contributed by atoms with van der Waals surface area (Å²) in [7, 11) is 0. The second-order valence-electron chi connectivity index (χ2n) is 7.71. The van der Waals surface area contributed by atoms with Gasteiger partial charge in [-0.2, -0.15) is 5.23 Å². The number of hydrogen-bond donors (Lipinski definition) is 2. The molecule has 0 amide bonds. The zero-order chi connectivity index (χ0) is 21.8. The van der Waals surface area contributed by atoms with Gasteiger partial charge in [-0.25, -0.2) is 5.21 Å². The summed E-state index contributed by atoms with van der Waals surface area (Å²) in [5.41, 5.74) is 3.47. The maximum absolute atomic E-state index is 13.3. The average molecular weight is 423 g/mol. The summed E-state index contributed by atoms with van der Waals surface area (Å²) in [4.78, 5) is 17.9. The summed E-state index contributed by atoms with van der Waals surface area (Å²) in [5.74, 6) is 0.668. The first kappa shape index (κ1) is 18.7. The van der Waals surface area contributed by atoms with E-state index in [0.717, 1.165) is 38.3 Å². The fourth-order valence-electron chi connectivity index (χ4n) is 4.35. The topological polar surface area (TPSA) is 91.3 Å². The zero-order valence-electron chi connectivity index (χ0n) is 16.8. The highest BCUT2D eigenvalue weighted by Gasteiger charge is 2.18. The largest absolute Gasteiger partial charge is 0.595 e. The molecule has 0 spiro atoms. The Morgan fingerprint density at radius 2 is 1.72 bits per heavy atom. The highest BCUT2D eigenvalue weighted by molar-refractivity contribution is 6.18. The molecule has 0 aliphatic heterocycles. The van der Waals surface area contributed by atoms with Crippen molar-refractivity contribution in [2.24, 2.45) is 0 Å². The Labute approximate surface area is 181 Å². The van der Waals surface area contributed by atoms with E-state index in [2.05, 4.69) is 4.98 Å². The third-order valence-electron chi connectivity index (χ3n) is 5.87. The summed E-state index contributed by atoms with van der Waals surface area (Å²) in [6, 6.07) is 21.7. The van der Waals surface area contributed by atoms with E-state index in [9.17, 15) is 10.0 Å². The van der Waals surface area contributed by atoms with Gasteiger partial charge in [0.1, 0.15) is 12.4 Å². The van der Waals surface area contributed by atoms with Gasteiger partial charge in [0, 0.05) is 39.9 Å². The number of benzene rings is 3. The number of hydrogen-bond acceptors (Lipinski definition) is 5. The number of aromatic nitrogens is 2. The van der Waals surface area contributed by atoms with Crippen molar-refractivity contribution in [1.82, 2.24) is 9.38 Å². The molecule has 0 saturated heterocycles. The smallest absolute Gasteiger partial charge is 0.263 e. The number of fused-ring (bicyclic) bond motifs is 5. The first-order valence-corrected chi connectivity index (χ1v) is 10.1. The van der Waals surface area contributed by atoms with Crippen molar-refractivity contribution < 1.29 is 15.2 Å². The van der Waals surface area contributed by atoms with E-state index in [1.54, 1.807) is 34.9 Å². The SMILES string of the molecule is O=c1c2ccccc2c2nccc3c4cc(OCc5ccc([NH+]([O-])O)cc5)ccc4n1c32. The lowest BCUT2D eigenvalue weighted by Gasteiger charge is -2.12. The zero-order valence-corrected chi connectivity index (χ0v) is 16.8. The van der Waals surface area contributed by atoms with Gasteiger partial charge in [0.05, 0.1) is 16.6 Å². The number of quaternary nitrogens is 1. The molecule has 0 bridgehead atoms. The molecule has 0 aliphatic rings. The van der Waals surface area contributed by atoms with E-state index in [4.69, 9.17) is 9.94 Å². The summed E-state index contributed by atoms with van der Waals surface area (Å²) in [6.07, 6.45) is 1.77. The molecular weight excluding hydrogens is 406 g/mol. The standard InChI is InChI=1S/C25H17N3O4/c29-25-20-4-2-1-3-18(20)23-24-19(11-12-26-23)21-13-17(9-10-22(21)27(24)25)32-14-15-5-7-16(8-6-15)28(30)31/h1-13,28,30H,14H2. The van der Waals surface area contributed by atoms with Crippen LogP contribution in [0.2, 0.25) is 0 Å². The van der Waals surface area contributed by atoms with E-state index >= 15 is 0 Å². The Kier molecular flexibility index (Phi) is 4.09. The quantitative estimate of drug-likeness (QED) is 0.334. The Morgan fingerprint density at radius 1 is 0.938 bits per heavy atom. The monoisotopic (exact) mass is 423 g/mol. The van der Waals surface area contributed by atoms with Gasteiger partial charge in [-0.15, -0.1) is 0 Å². The molecule has 156 valence electrons. The Hall–Kier alpha value is -4.04. The Balaban J connectivity index is 1.47. The molecule has 0 fully saturated rings. The number of ether oxygens (including phenoxy) is 1. The van der Waals surface area contributed by atoms with Crippen LogP contribution in [0, 0.1) is 5.21 Å². The molecule has 0 radical (unpaired) electrons. The fraction of sp³-hybridized carbons (Fsp3) is 0.0400. The lowest BCUT2D eigenvalue weighted by Crippen LogP contribution is -2.99. The van der Waals surface area contributed by atoms with E-state index < -0.39 is 5.23 Å².